The van der Waals surface area contributed by atoms with Gasteiger partial charge in [0.15, 0.2) is 12.6 Å². The van der Waals surface area contributed by atoms with E-state index in [0.717, 1.165) is 51.9 Å². The van der Waals surface area contributed by atoms with Crippen LogP contribution in [0.2, 0.25) is 0 Å². The van der Waals surface area contributed by atoms with E-state index in [1.54, 1.807) is 0 Å². The van der Waals surface area contributed by atoms with Gasteiger partial charge in [0.2, 0.25) is 11.8 Å². The Bertz CT molecular complexity index is 2070. The Labute approximate surface area is 627 Å². The zero-order chi connectivity index (χ0) is 76.0. The lowest BCUT2D eigenvalue weighted by molar-refractivity contribution is -0.386. The number of carboxylic acid groups (broad SMARTS) is 1. The number of aliphatic carboxylic acids is 1. The maximum atomic E-state index is 13.5. The molecule has 104 heavy (non-hydrogen) atoms. The molecule has 23 nitrogen and oxygen atoms in total. The van der Waals surface area contributed by atoms with E-state index in [9.17, 15) is 75.7 Å². The quantitative estimate of drug-likeness (QED) is 0.0252. The zero-order valence-electron chi connectivity index (χ0n) is 65.2. The minimum absolute atomic E-state index is 0.230. The SMILES string of the molecule is CCCCCCCCCCCCCCCCCCCCCCCCCCCCCCCCCCCCCCCC(=O)NC(COC1OC(CO)C(OC2OC(CO)C(O)C(OC3(C(=O)O)CC(O)C(NC(C)=O)C(C(O)C(O)CO)O3)C2O)C(O)C1O)C(O)CCCCCCCCCCCCCCC. The van der Waals surface area contributed by atoms with Crippen LogP contribution in [0.4, 0.5) is 0 Å². The number of hydrogen-bond acceptors (Lipinski definition) is 20. The third kappa shape index (κ3) is 40.1. The fourth-order valence-corrected chi connectivity index (χ4v) is 15.1. The average Bonchev–Trinajstić information content (AvgIpc) is 0.755. The van der Waals surface area contributed by atoms with Crippen molar-refractivity contribution in [3.05, 3.63) is 0 Å². The summed E-state index contributed by atoms with van der Waals surface area (Å²) >= 11 is 0. The molecule has 2 amide bonds. The summed E-state index contributed by atoms with van der Waals surface area (Å²) in [5.74, 6) is -6.09. The van der Waals surface area contributed by atoms with Crippen molar-refractivity contribution in [1.29, 1.82) is 0 Å². The summed E-state index contributed by atoms with van der Waals surface area (Å²) in [6.07, 6.45) is 35.8. The van der Waals surface area contributed by atoms with Gasteiger partial charge in [0, 0.05) is 19.8 Å². The molecule has 614 valence electrons. The molecule has 18 atom stereocenters. The summed E-state index contributed by atoms with van der Waals surface area (Å²) in [6, 6.07) is -2.52. The number of carbonyl (C=O) groups is 3. The van der Waals surface area contributed by atoms with Crippen molar-refractivity contribution >= 4 is 17.8 Å². The monoisotopic (exact) mass is 1490 g/mol. The minimum atomic E-state index is -3.08. The topological polar surface area (TPSA) is 373 Å². The van der Waals surface area contributed by atoms with Gasteiger partial charge in [0.25, 0.3) is 5.79 Å². The Hall–Kier alpha value is -2.27. The number of aliphatic hydroxyl groups is 11. The van der Waals surface area contributed by atoms with Crippen LogP contribution in [-0.4, -0.2) is 215 Å². The number of carbonyl (C=O) groups excluding carboxylic acids is 2. The highest BCUT2D eigenvalue weighted by Gasteiger charge is 2.60. The van der Waals surface area contributed by atoms with E-state index in [2.05, 4.69) is 24.5 Å². The molecule has 0 aromatic rings. The first-order valence-electron chi connectivity index (χ1n) is 42.4. The van der Waals surface area contributed by atoms with Gasteiger partial charge < -0.3 is 100 Å². The maximum absolute atomic E-state index is 13.5. The van der Waals surface area contributed by atoms with E-state index in [1.807, 2.05) is 0 Å². The molecule has 23 heteroatoms. The Balaban J connectivity index is 1.39. The van der Waals surface area contributed by atoms with Gasteiger partial charge in [-0.1, -0.05) is 328 Å². The Morgan fingerprint density at radius 3 is 1.20 bits per heavy atom. The lowest BCUT2D eigenvalue weighted by Crippen LogP contribution is -2.70. The number of aliphatic hydroxyl groups excluding tert-OH is 11. The number of rotatable bonds is 68. The van der Waals surface area contributed by atoms with E-state index in [1.165, 1.54) is 263 Å². The van der Waals surface area contributed by atoms with E-state index in [0.29, 0.717) is 19.3 Å². The molecule has 0 aromatic carbocycles. The Morgan fingerprint density at radius 1 is 0.462 bits per heavy atom. The normalized spacial score (nSPS) is 26.3. The van der Waals surface area contributed by atoms with Crippen LogP contribution < -0.4 is 10.6 Å². The number of nitrogens with one attached hydrogen (secondary N) is 2. The molecule has 14 N–H and O–H groups in total. The Morgan fingerprint density at radius 2 is 0.837 bits per heavy atom. The van der Waals surface area contributed by atoms with Crippen LogP contribution in [0.3, 0.4) is 0 Å². The summed E-state index contributed by atoms with van der Waals surface area (Å²) in [7, 11) is 0. The number of amides is 2. The molecule has 18 unspecified atom stereocenters. The second-order valence-electron chi connectivity index (χ2n) is 31.1. The van der Waals surface area contributed by atoms with Crippen molar-refractivity contribution in [3.63, 3.8) is 0 Å². The third-order valence-electron chi connectivity index (χ3n) is 21.8. The summed E-state index contributed by atoms with van der Waals surface area (Å²) in [4.78, 5) is 38.7. The van der Waals surface area contributed by atoms with Crippen molar-refractivity contribution < 1.29 is 104 Å². The number of ether oxygens (including phenoxy) is 6. The van der Waals surface area contributed by atoms with Gasteiger partial charge in [-0.15, -0.1) is 0 Å². The summed E-state index contributed by atoms with van der Waals surface area (Å²) in [6.45, 7) is 2.25. The first kappa shape index (κ1) is 95.9. The van der Waals surface area contributed by atoms with E-state index in [4.69, 9.17) is 28.4 Å². The molecule has 0 aliphatic carbocycles. The largest absolute Gasteiger partial charge is 0.477 e. The van der Waals surface area contributed by atoms with Gasteiger partial charge in [-0.25, -0.2) is 4.79 Å². The van der Waals surface area contributed by atoms with Gasteiger partial charge in [-0.3, -0.25) is 9.59 Å². The van der Waals surface area contributed by atoms with Gasteiger partial charge in [0.05, 0.1) is 50.7 Å². The van der Waals surface area contributed by atoms with Crippen LogP contribution in [0.25, 0.3) is 0 Å². The van der Waals surface area contributed by atoms with Gasteiger partial charge in [-0.2, -0.15) is 0 Å². The molecular weight excluding hydrogens is 1340 g/mol. The highest BCUT2D eigenvalue weighted by Crippen LogP contribution is 2.39. The van der Waals surface area contributed by atoms with Gasteiger partial charge in [-0.05, 0) is 12.8 Å². The Kier molecular flexibility index (Phi) is 55.8. The fraction of sp³-hybridized carbons (Fsp3) is 0.963. The zero-order valence-corrected chi connectivity index (χ0v) is 65.2. The smallest absolute Gasteiger partial charge is 0.364 e. The highest BCUT2D eigenvalue weighted by molar-refractivity contribution is 5.77. The van der Waals surface area contributed by atoms with Crippen LogP contribution in [0.1, 0.15) is 361 Å². The molecule has 3 saturated heterocycles. The molecule has 3 aliphatic rings. The van der Waals surface area contributed by atoms with Crippen molar-refractivity contribution in [1.82, 2.24) is 10.6 Å². The minimum Gasteiger partial charge on any atom is -0.477 e. The predicted molar refractivity (Wildman–Crippen MR) is 403 cm³/mol. The molecule has 0 bridgehead atoms. The molecule has 0 saturated carbocycles. The molecule has 3 fully saturated rings. The van der Waals surface area contributed by atoms with Gasteiger partial charge in [0.1, 0.15) is 67.1 Å². The van der Waals surface area contributed by atoms with Crippen molar-refractivity contribution in [2.24, 2.45) is 0 Å². The van der Waals surface area contributed by atoms with E-state index in [-0.39, 0.29) is 18.9 Å². The standard InChI is InChI=1S/C81H154N2O21/c1-4-6-8-10-12-14-16-18-19-20-21-22-23-24-25-26-27-28-29-30-31-32-33-34-35-36-37-38-39-40-41-43-45-47-49-51-53-55-68(91)83-62(63(88)54-52-50-48-46-44-42-17-15-13-11-9-7-5-2)60-99-78-73(95)72(94)75(67(59-86)101-78)102-79-74(96)77(71(93)66(58-85)100-79)104-81(80(97)98)56-64(89)69(82-61(3)87)76(103-81)70(92)65(90)57-84/h62-67,69-79,84-86,88-90,92-96H,4-60H2,1-3H3,(H,82,87)(H,83,91)(H,97,98). The lowest BCUT2D eigenvalue weighted by atomic mass is 9.88. The lowest BCUT2D eigenvalue weighted by Gasteiger charge is -2.50. The van der Waals surface area contributed by atoms with Gasteiger partial charge >= 0.3 is 5.97 Å². The van der Waals surface area contributed by atoms with Crippen LogP contribution in [0, 0.1) is 0 Å². The summed E-state index contributed by atoms with van der Waals surface area (Å²) in [5, 5.41) is 136. The number of hydrogen-bond donors (Lipinski definition) is 14. The molecule has 3 rings (SSSR count). The highest BCUT2D eigenvalue weighted by atomic mass is 16.8. The predicted octanol–water partition coefficient (Wildman–Crippen LogP) is 12.0. The van der Waals surface area contributed by atoms with Crippen LogP contribution in [0.15, 0.2) is 0 Å². The fourth-order valence-electron chi connectivity index (χ4n) is 15.1. The molecular formula is C81H154N2O21. The van der Waals surface area contributed by atoms with E-state index >= 15 is 0 Å². The first-order chi connectivity index (χ1) is 50.4. The van der Waals surface area contributed by atoms with Crippen molar-refractivity contribution in [2.45, 2.75) is 471 Å². The average molecular weight is 1490 g/mol. The van der Waals surface area contributed by atoms with Crippen molar-refractivity contribution in [2.75, 3.05) is 26.4 Å². The first-order valence-corrected chi connectivity index (χ1v) is 42.4. The van der Waals surface area contributed by atoms with Crippen LogP contribution in [0.5, 0.6) is 0 Å². The van der Waals surface area contributed by atoms with Crippen LogP contribution >= 0.6 is 0 Å². The third-order valence-corrected chi connectivity index (χ3v) is 21.8. The second kappa shape index (κ2) is 60.5. The summed E-state index contributed by atoms with van der Waals surface area (Å²) in [5.41, 5.74) is 0. The molecule has 0 radical (unpaired) electrons. The number of carboxylic acids is 1. The molecule has 0 aromatic heterocycles. The van der Waals surface area contributed by atoms with E-state index < -0.39 is 148 Å². The summed E-state index contributed by atoms with van der Waals surface area (Å²) < 4.78 is 34.9. The molecule has 3 aliphatic heterocycles. The second-order valence-corrected chi connectivity index (χ2v) is 31.1. The molecule has 3 heterocycles. The van der Waals surface area contributed by atoms with Crippen molar-refractivity contribution in [3.8, 4) is 0 Å². The van der Waals surface area contributed by atoms with Crippen LogP contribution in [-0.2, 0) is 42.8 Å². The molecule has 0 spiro atoms. The number of unbranched alkanes of at least 4 members (excludes halogenated alkanes) is 48. The maximum Gasteiger partial charge on any atom is 0.364 e.